The first-order chi connectivity index (χ1) is 14.2. The van der Waals surface area contributed by atoms with E-state index in [4.69, 9.17) is 9.47 Å². The molecule has 1 N–H and O–H groups in total. The third-order valence-electron chi connectivity index (χ3n) is 4.75. The highest BCUT2D eigenvalue weighted by atomic mass is 16.5. The minimum absolute atomic E-state index is 0.0202. The van der Waals surface area contributed by atoms with Crippen molar-refractivity contribution in [1.82, 2.24) is 0 Å². The van der Waals surface area contributed by atoms with Crippen LogP contribution in [0.15, 0.2) is 48.5 Å². The number of rotatable bonds is 6. The van der Waals surface area contributed by atoms with E-state index in [0.717, 1.165) is 5.56 Å². The molecule has 0 spiro atoms. The molecule has 0 saturated heterocycles. The van der Waals surface area contributed by atoms with Gasteiger partial charge in [-0.2, -0.15) is 0 Å². The molecule has 158 valence electrons. The summed E-state index contributed by atoms with van der Waals surface area (Å²) in [6, 6.07) is 14.7. The second kappa shape index (κ2) is 8.98. The summed E-state index contributed by atoms with van der Waals surface area (Å²) < 4.78 is 10.4. The fourth-order valence-corrected chi connectivity index (χ4v) is 3.07. The highest BCUT2D eigenvalue weighted by Crippen LogP contribution is 2.31. The lowest BCUT2D eigenvalue weighted by Crippen LogP contribution is -2.40. The van der Waals surface area contributed by atoms with Gasteiger partial charge in [0, 0.05) is 12.2 Å². The monoisotopic (exact) mass is 410 g/mol. The maximum Gasteiger partial charge on any atom is 0.308 e. The van der Waals surface area contributed by atoms with Crippen LogP contribution in [0.3, 0.4) is 0 Å². The van der Waals surface area contributed by atoms with Gasteiger partial charge in [-0.05, 0) is 35.2 Å². The standard InChI is InChI=1S/C23H26N2O5/c1-23(2,3)16-8-10-17(11-9-16)24-20(26)14-30-22(28)12-13-25-18-6-4-5-7-19(18)29-15-21(25)27/h4-11H,12-15H2,1-3H3,(H,24,26). The van der Waals surface area contributed by atoms with Crippen LogP contribution in [0.5, 0.6) is 5.75 Å². The molecule has 0 aromatic heterocycles. The van der Waals surface area contributed by atoms with Gasteiger partial charge in [-0.25, -0.2) is 0 Å². The molecule has 1 aliphatic heterocycles. The van der Waals surface area contributed by atoms with Gasteiger partial charge in [0.25, 0.3) is 11.8 Å². The Morgan fingerprint density at radius 2 is 1.80 bits per heavy atom. The van der Waals surface area contributed by atoms with Crippen molar-refractivity contribution < 1.29 is 23.9 Å². The summed E-state index contributed by atoms with van der Waals surface area (Å²) in [5, 5.41) is 2.70. The van der Waals surface area contributed by atoms with Crippen molar-refractivity contribution >= 4 is 29.2 Å². The summed E-state index contributed by atoms with van der Waals surface area (Å²) in [6.45, 7) is 6.05. The van der Waals surface area contributed by atoms with Crippen LogP contribution in [-0.2, 0) is 24.5 Å². The topological polar surface area (TPSA) is 84.9 Å². The number of ether oxygens (including phenoxy) is 2. The van der Waals surface area contributed by atoms with Crippen molar-refractivity contribution in [2.45, 2.75) is 32.6 Å². The summed E-state index contributed by atoms with van der Waals surface area (Å²) in [5.74, 6) is -0.593. The number of nitrogens with zero attached hydrogens (tertiary/aromatic N) is 1. The Morgan fingerprint density at radius 1 is 1.10 bits per heavy atom. The van der Waals surface area contributed by atoms with E-state index >= 15 is 0 Å². The fraction of sp³-hybridized carbons (Fsp3) is 0.348. The predicted molar refractivity (Wildman–Crippen MR) is 114 cm³/mol. The second-order valence-corrected chi connectivity index (χ2v) is 8.09. The average Bonchev–Trinajstić information content (AvgIpc) is 2.71. The van der Waals surface area contributed by atoms with Crippen LogP contribution in [0.4, 0.5) is 11.4 Å². The van der Waals surface area contributed by atoms with Crippen LogP contribution < -0.4 is 15.0 Å². The first-order valence-electron chi connectivity index (χ1n) is 9.82. The summed E-state index contributed by atoms with van der Waals surface area (Å²) in [4.78, 5) is 37.7. The maximum absolute atomic E-state index is 12.1. The molecule has 0 atom stereocenters. The minimum Gasteiger partial charge on any atom is -0.482 e. The Morgan fingerprint density at radius 3 is 2.50 bits per heavy atom. The minimum atomic E-state index is -0.551. The molecule has 0 bridgehead atoms. The molecule has 7 nitrogen and oxygen atoms in total. The number of para-hydroxylation sites is 2. The molecule has 0 fully saturated rings. The quantitative estimate of drug-likeness (QED) is 0.739. The van der Waals surface area contributed by atoms with E-state index in [9.17, 15) is 14.4 Å². The van der Waals surface area contributed by atoms with E-state index < -0.39 is 11.9 Å². The van der Waals surface area contributed by atoms with Crippen molar-refractivity contribution in [2.75, 3.05) is 30.0 Å². The molecule has 2 aromatic carbocycles. The van der Waals surface area contributed by atoms with Gasteiger partial charge in [0.15, 0.2) is 13.2 Å². The number of fused-ring (bicyclic) bond motifs is 1. The molecule has 30 heavy (non-hydrogen) atoms. The molecular formula is C23H26N2O5. The van der Waals surface area contributed by atoms with Gasteiger partial charge in [-0.3, -0.25) is 14.4 Å². The molecule has 2 aromatic rings. The number of hydrogen-bond donors (Lipinski definition) is 1. The van der Waals surface area contributed by atoms with E-state index in [1.165, 1.54) is 4.90 Å². The van der Waals surface area contributed by atoms with E-state index in [-0.39, 0.29) is 37.5 Å². The van der Waals surface area contributed by atoms with Gasteiger partial charge in [0.2, 0.25) is 0 Å². The van der Waals surface area contributed by atoms with Crippen LogP contribution in [-0.4, -0.2) is 37.5 Å². The Bertz CT molecular complexity index is 931. The largest absolute Gasteiger partial charge is 0.482 e. The van der Waals surface area contributed by atoms with Gasteiger partial charge in [-0.1, -0.05) is 45.0 Å². The first kappa shape index (κ1) is 21.4. The van der Waals surface area contributed by atoms with Crippen molar-refractivity contribution in [3.8, 4) is 5.75 Å². The SMILES string of the molecule is CC(C)(C)c1ccc(NC(=O)COC(=O)CCN2C(=O)COc3ccccc32)cc1. The van der Waals surface area contributed by atoms with E-state index in [1.54, 1.807) is 18.2 Å². The van der Waals surface area contributed by atoms with Gasteiger partial charge < -0.3 is 19.7 Å². The number of carbonyl (C=O) groups excluding carboxylic acids is 3. The Kier molecular flexibility index (Phi) is 6.40. The van der Waals surface area contributed by atoms with Gasteiger partial charge in [-0.15, -0.1) is 0 Å². The lowest BCUT2D eigenvalue weighted by molar-refractivity contribution is -0.147. The van der Waals surface area contributed by atoms with Crippen LogP contribution in [0.25, 0.3) is 0 Å². The smallest absolute Gasteiger partial charge is 0.308 e. The summed E-state index contributed by atoms with van der Waals surface area (Å²) in [7, 11) is 0. The maximum atomic E-state index is 12.1. The molecular weight excluding hydrogens is 384 g/mol. The lowest BCUT2D eigenvalue weighted by atomic mass is 9.87. The van der Waals surface area contributed by atoms with Crippen molar-refractivity contribution in [1.29, 1.82) is 0 Å². The summed E-state index contributed by atoms with van der Waals surface area (Å²) in [6.07, 6.45) is -0.0202. The zero-order chi connectivity index (χ0) is 21.7. The molecule has 7 heteroatoms. The number of hydrogen-bond acceptors (Lipinski definition) is 5. The van der Waals surface area contributed by atoms with Crippen molar-refractivity contribution in [2.24, 2.45) is 0 Å². The molecule has 1 heterocycles. The normalized spacial score (nSPS) is 13.3. The molecule has 0 radical (unpaired) electrons. The molecule has 3 rings (SSSR count). The number of benzene rings is 2. The third kappa shape index (κ3) is 5.37. The molecule has 0 saturated carbocycles. The molecule has 0 aliphatic carbocycles. The zero-order valence-electron chi connectivity index (χ0n) is 17.4. The highest BCUT2D eigenvalue weighted by Gasteiger charge is 2.25. The fourth-order valence-electron chi connectivity index (χ4n) is 3.07. The van der Waals surface area contributed by atoms with Gasteiger partial charge in [0.1, 0.15) is 5.75 Å². The van der Waals surface area contributed by atoms with Crippen LogP contribution in [0.2, 0.25) is 0 Å². The van der Waals surface area contributed by atoms with Crippen molar-refractivity contribution in [3.05, 3.63) is 54.1 Å². The van der Waals surface area contributed by atoms with Gasteiger partial charge >= 0.3 is 5.97 Å². The number of esters is 1. The Balaban J connectivity index is 1.46. The Labute approximate surface area is 176 Å². The van der Waals surface area contributed by atoms with E-state index in [2.05, 4.69) is 26.1 Å². The lowest BCUT2D eigenvalue weighted by Gasteiger charge is -2.28. The zero-order valence-corrected chi connectivity index (χ0v) is 17.4. The predicted octanol–water partition coefficient (Wildman–Crippen LogP) is 3.28. The van der Waals surface area contributed by atoms with E-state index in [1.807, 2.05) is 30.3 Å². The van der Waals surface area contributed by atoms with Crippen LogP contribution in [0, 0.1) is 0 Å². The van der Waals surface area contributed by atoms with Gasteiger partial charge in [0.05, 0.1) is 12.1 Å². The summed E-state index contributed by atoms with van der Waals surface area (Å²) >= 11 is 0. The molecule has 0 unspecified atom stereocenters. The second-order valence-electron chi connectivity index (χ2n) is 8.09. The number of amides is 2. The van der Waals surface area contributed by atoms with E-state index in [0.29, 0.717) is 17.1 Å². The average molecular weight is 410 g/mol. The molecule has 1 aliphatic rings. The van der Waals surface area contributed by atoms with Crippen molar-refractivity contribution in [3.63, 3.8) is 0 Å². The third-order valence-corrected chi connectivity index (χ3v) is 4.75. The number of anilines is 2. The Hall–Kier alpha value is -3.35. The number of nitrogens with one attached hydrogen (secondary N) is 1. The molecule has 2 amide bonds. The highest BCUT2D eigenvalue weighted by molar-refractivity contribution is 5.98. The first-order valence-corrected chi connectivity index (χ1v) is 9.82. The van der Waals surface area contributed by atoms with Crippen LogP contribution >= 0.6 is 0 Å². The number of carbonyl (C=O) groups is 3. The summed E-state index contributed by atoms with van der Waals surface area (Å²) in [5.41, 5.74) is 2.45. The van der Waals surface area contributed by atoms with Crippen LogP contribution in [0.1, 0.15) is 32.8 Å².